The smallest absolute Gasteiger partial charge is 0.331 e. The molecule has 1 aliphatic rings. The molecule has 2 aromatic heterocycles. The van der Waals surface area contributed by atoms with Crippen LogP contribution < -0.4 is 16.6 Å². The SMILES string of the molecule is Cc1cccc(-c2c3c(=O)n(C)c(=O)n(C)c3c3n2-c2ccccc2N[C@H]3c2ccc(O)cc2O)c1. The van der Waals surface area contributed by atoms with Crippen LogP contribution in [0.5, 0.6) is 11.5 Å². The fraction of sp³-hybridized carbons (Fsp3) is 0.143. The number of para-hydroxylation sites is 2. The molecule has 3 heterocycles. The molecule has 1 aliphatic heterocycles. The molecule has 0 saturated carbocycles. The average molecular weight is 481 g/mol. The van der Waals surface area contributed by atoms with Crippen LogP contribution in [0.3, 0.4) is 0 Å². The van der Waals surface area contributed by atoms with Crippen LogP contribution >= 0.6 is 0 Å². The van der Waals surface area contributed by atoms with Gasteiger partial charge in [0.05, 0.1) is 39.7 Å². The molecular formula is C28H24N4O4. The van der Waals surface area contributed by atoms with E-state index in [2.05, 4.69) is 5.32 Å². The molecule has 5 aromatic rings. The van der Waals surface area contributed by atoms with E-state index in [9.17, 15) is 19.8 Å². The van der Waals surface area contributed by atoms with Crippen molar-refractivity contribution in [3.8, 4) is 28.4 Å². The first-order valence-electron chi connectivity index (χ1n) is 11.6. The Kier molecular flexibility index (Phi) is 4.63. The molecule has 8 heteroatoms. The lowest BCUT2D eigenvalue weighted by Crippen LogP contribution is -2.37. The van der Waals surface area contributed by atoms with Gasteiger partial charge in [-0.1, -0.05) is 35.9 Å². The summed E-state index contributed by atoms with van der Waals surface area (Å²) in [7, 11) is 3.13. The number of phenols is 2. The Morgan fingerprint density at radius 1 is 0.889 bits per heavy atom. The van der Waals surface area contributed by atoms with Crippen molar-refractivity contribution in [1.29, 1.82) is 0 Å². The Hall–Kier alpha value is -4.72. The topological polar surface area (TPSA) is 101 Å². The summed E-state index contributed by atoms with van der Waals surface area (Å²) < 4.78 is 4.63. The first-order valence-corrected chi connectivity index (χ1v) is 11.6. The number of nitrogens with zero attached hydrogens (tertiary/aromatic N) is 3. The van der Waals surface area contributed by atoms with Gasteiger partial charge in [0.25, 0.3) is 5.56 Å². The van der Waals surface area contributed by atoms with Gasteiger partial charge in [-0.05, 0) is 42.8 Å². The van der Waals surface area contributed by atoms with E-state index >= 15 is 0 Å². The number of aromatic hydroxyl groups is 2. The predicted octanol–water partition coefficient (Wildman–Crippen LogP) is 3.93. The van der Waals surface area contributed by atoms with Gasteiger partial charge in [0.1, 0.15) is 11.5 Å². The summed E-state index contributed by atoms with van der Waals surface area (Å²) in [6.07, 6.45) is 0. The number of hydrogen-bond donors (Lipinski definition) is 3. The number of aromatic nitrogens is 3. The molecule has 0 aliphatic carbocycles. The molecule has 0 fully saturated rings. The number of aryl methyl sites for hydroxylation is 2. The van der Waals surface area contributed by atoms with Crippen LogP contribution in [0.1, 0.15) is 22.9 Å². The maximum Gasteiger partial charge on any atom is 0.331 e. The van der Waals surface area contributed by atoms with Gasteiger partial charge >= 0.3 is 5.69 Å². The normalized spacial score (nSPS) is 14.4. The highest BCUT2D eigenvalue weighted by atomic mass is 16.3. The van der Waals surface area contributed by atoms with E-state index in [0.29, 0.717) is 27.9 Å². The molecule has 0 unspecified atom stereocenters. The molecule has 8 nitrogen and oxygen atoms in total. The molecule has 0 amide bonds. The summed E-state index contributed by atoms with van der Waals surface area (Å²) in [5.41, 5.74) is 4.99. The third-order valence-electron chi connectivity index (χ3n) is 6.94. The van der Waals surface area contributed by atoms with Crippen molar-refractivity contribution in [2.45, 2.75) is 13.0 Å². The standard InChI is InChI=1S/C28H24N4O4/c1-15-7-6-8-16(13-15)24-22-25(30(2)28(36)31(3)27(22)35)26-23(18-12-11-17(33)14-21(18)34)29-19-9-4-5-10-20(19)32(24)26/h4-14,23,29,33-34H,1-3H3/t23-/m0/s1. The molecule has 36 heavy (non-hydrogen) atoms. The Labute approximate surface area is 205 Å². The van der Waals surface area contributed by atoms with Gasteiger partial charge in [0, 0.05) is 25.7 Å². The van der Waals surface area contributed by atoms with E-state index in [1.54, 1.807) is 13.1 Å². The zero-order valence-electron chi connectivity index (χ0n) is 20.0. The summed E-state index contributed by atoms with van der Waals surface area (Å²) in [5.74, 6) is -0.159. The third kappa shape index (κ3) is 2.94. The minimum Gasteiger partial charge on any atom is -0.508 e. The average Bonchev–Trinajstić information content (AvgIpc) is 3.23. The van der Waals surface area contributed by atoms with Crippen LogP contribution in [0.15, 0.2) is 76.3 Å². The number of phenolic OH excluding ortho intramolecular Hbond substituents is 2. The van der Waals surface area contributed by atoms with E-state index in [-0.39, 0.29) is 11.5 Å². The zero-order chi connectivity index (χ0) is 25.3. The molecule has 3 N–H and O–H groups in total. The zero-order valence-corrected chi connectivity index (χ0v) is 20.0. The lowest BCUT2D eigenvalue weighted by Gasteiger charge is -2.31. The highest BCUT2D eigenvalue weighted by Crippen LogP contribution is 2.47. The molecule has 0 radical (unpaired) electrons. The lowest BCUT2D eigenvalue weighted by molar-refractivity contribution is 0.444. The molecule has 3 aromatic carbocycles. The van der Waals surface area contributed by atoms with E-state index < -0.39 is 17.3 Å². The molecule has 0 saturated heterocycles. The number of rotatable bonds is 2. The van der Waals surface area contributed by atoms with Crippen LogP contribution in [-0.2, 0) is 14.1 Å². The van der Waals surface area contributed by atoms with Gasteiger partial charge in [0.15, 0.2) is 0 Å². The summed E-state index contributed by atoms with van der Waals surface area (Å²) in [5, 5.41) is 24.7. The van der Waals surface area contributed by atoms with Crippen molar-refractivity contribution in [1.82, 2.24) is 13.7 Å². The molecule has 1 atom stereocenters. The van der Waals surface area contributed by atoms with Crippen molar-refractivity contribution in [2.75, 3.05) is 5.32 Å². The van der Waals surface area contributed by atoms with E-state index in [1.807, 2.05) is 60.0 Å². The van der Waals surface area contributed by atoms with Gasteiger partial charge in [-0.2, -0.15) is 0 Å². The Morgan fingerprint density at radius 3 is 2.42 bits per heavy atom. The second-order valence-electron chi connectivity index (χ2n) is 9.21. The third-order valence-corrected chi connectivity index (χ3v) is 6.94. The van der Waals surface area contributed by atoms with Gasteiger partial charge < -0.3 is 20.1 Å². The number of nitrogens with one attached hydrogen (secondary N) is 1. The van der Waals surface area contributed by atoms with Crippen molar-refractivity contribution in [3.63, 3.8) is 0 Å². The number of benzene rings is 3. The van der Waals surface area contributed by atoms with Crippen molar-refractivity contribution < 1.29 is 10.2 Å². The van der Waals surface area contributed by atoms with Crippen molar-refractivity contribution in [2.24, 2.45) is 14.1 Å². The first kappa shape index (κ1) is 21.8. The Balaban J connectivity index is 1.87. The lowest BCUT2D eigenvalue weighted by atomic mass is 9.98. The van der Waals surface area contributed by atoms with E-state index in [4.69, 9.17) is 0 Å². The number of anilines is 1. The van der Waals surface area contributed by atoms with Gasteiger partial charge in [-0.3, -0.25) is 13.9 Å². The summed E-state index contributed by atoms with van der Waals surface area (Å²) in [6, 6.07) is 19.5. The maximum atomic E-state index is 13.7. The molecule has 0 bridgehead atoms. The Bertz CT molecular complexity index is 1830. The van der Waals surface area contributed by atoms with Crippen LogP contribution in [-0.4, -0.2) is 23.9 Å². The number of hydrogen-bond acceptors (Lipinski definition) is 5. The van der Waals surface area contributed by atoms with Crippen molar-refractivity contribution in [3.05, 3.63) is 104 Å². The molecule has 0 spiro atoms. The predicted molar refractivity (Wildman–Crippen MR) is 139 cm³/mol. The fourth-order valence-corrected chi connectivity index (χ4v) is 5.29. The minimum atomic E-state index is -0.612. The molecule has 6 rings (SSSR count). The fourth-order valence-electron chi connectivity index (χ4n) is 5.29. The highest BCUT2D eigenvalue weighted by Gasteiger charge is 2.35. The first-order chi connectivity index (χ1) is 17.3. The van der Waals surface area contributed by atoms with Crippen LogP contribution in [0.4, 0.5) is 5.69 Å². The monoisotopic (exact) mass is 480 g/mol. The van der Waals surface area contributed by atoms with Crippen LogP contribution in [0, 0.1) is 6.92 Å². The van der Waals surface area contributed by atoms with Crippen LogP contribution in [0.25, 0.3) is 27.8 Å². The largest absolute Gasteiger partial charge is 0.508 e. The second-order valence-corrected chi connectivity index (χ2v) is 9.21. The van der Waals surface area contributed by atoms with E-state index in [0.717, 1.165) is 27.1 Å². The summed E-state index contributed by atoms with van der Waals surface area (Å²) in [4.78, 5) is 26.8. The van der Waals surface area contributed by atoms with Crippen LogP contribution in [0.2, 0.25) is 0 Å². The summed E-state index contributed by atoms with van der Waals surface area (Å²) >= 11 is 0. The van der Waals surface area contributed by atoms with Gasteiger partial charge in [-0.25, -0.2) is 4.79 Å². The summed E-state index contributed by atoms with van der Waals surface area (Å²) in [6.45, 7) is 1.99. The molecule has 180 valence electrons. The molecular weight excluding hydrogens is 456 g/mol. The van der Waals surface area contributed by atoms with Gasteiger partial charge in [0.2, 0.25) is 0 Å². The van der Waals surface area contributed by atoms with Gasteiger partial charge in [-0.15, -0.1) is 0 Å². The van der Waals surface area contributed by atoms with Crippen molar-refractivity contribution >= 4 is 16.6 Å². The Morgan fingerprint density at radius 2 is 1.67 bits per heavy atom. The minimum absolute atomic E-state index is 0.0607. The number of fused-ring (bicyclic) bond motifs is 5. The van der Waals surface area contributed by atoms with E-state index in [1.165, 1.54) is 23.7 Å². The second kappa shape index (κ2) is 7.64. The maximum absolute atomic E-state index is 13.7. The quantitative estimate of drug-likeness (QED) is 0.355. The highest BCUT2D eigenvalue weighted by molar-refractivity contribution is 5.99.